The van der Waals surface area contributed by atoms with Crippen molar-refractivity contribution in [3.05, 3.63) is 35.9 Å². The molecule has 3 nitrogen and oxygen atoms in total. The van der Waals surface area contributed by atoms with E-state index in [2.05, 4.69) is 5.92 Å². The maximum atomic E-state index is 5.88. The van der Waals surface area contributed by atoms with Crippen molar-refractivity contribution < 1.29 is 14.2 Å². The van der Waals surface area contributed by atoms with Crippen LogP contribution in [-0.4, -0.2) is 25.6 Å². The van der Waals surface area contributed by atoms with Crippen LogP contribution >= 0.6 is 0 Å². The Morgan fingerprint density at radius 3 is 2.78 bits per heavy atom. The molecule has 0 spiro atoms. The third kappa shape index (κ3) is 3.58. The van der Waals surface area contributed by atoms with Gasteiger partial charge in [-0.15, -0.1) is 6.42 Å². The van der Waals surface area contributed by atoms with Crippen molar-refractivity contribution in [2.24, 2.45) is 0 Å². The van der Waals surface area contributed by atoms with Crippen LogP contribution in [0.3, 0.4) is 0 Å². The minimum Gasteiger partial charge on any atom is -0.373 e. The number of benzene rings is 1. The van der Waals surface area contributed by atoms with Gasteiger partial charge in [-0.05, 0) is 5.56 Å². The zero-order chi connectivity index (χ0) is 12.8. The second kappa shape index (κ2) is 6.55. The highest BCUT2D eigenvalue weighted by Crippen LogP contribution is 2.23. The summed E-state index contributed by atoms with van der Waals surface area (Å²) in [4.78, 5) is 0. The Labute approximate surface area is 108 Å². The van der Waals surface area contributed by atoms with Crippen molar-refractivity contribution in [2.45, 2.75) is 37.9 Å². The SMILES string of the molecule is C#C[C@@H]1C[C@H](OCc2ccccc2)C[C@@H](OC)O1. The fourth-order valence-electron chi connectivity index (χ4n) is 2.03. The molecule has 1 saturated heterocycles. The van der Waals surface area contributed by atoms with E-state index in [1.807, 2.05) is 30.3 Å². The molecule has 1 aliphatic rings. The molecule has 1 heterocycles. The van der Waals surface area contributed by atoms with Gasteiger partial charge < -0.3 is 14.2 Å². The lowest BCUT2D eigenvalue weighted by Crippen LogP contribution is -2.37. The van der Waals surface area contributed by atoms with Crippen LogP contribution in [0, 0.1) is 12.3 Å². The first kappa shape index (κ1) is 13.1. The summed E-state index contributed by atoms with van der Waals surface area (Å²) in [6.07, 6.45) is 6.46. The molecule has 0 saturated carbocycles. The lowest BCUT2D eigenvalue weighted by Gasteiger charge is -2.32. The molecule has 3 heteroatoms. The van der Waals surface area contributed by atoms with E-state index in [0.717, 1.165) is 18.4 Å². The molecular weight excluding hydrogens is 228 g/mol. The molecule has 18 heavy (non-hydrogen) atoms. The van der Waals surface area contributed by atoms with Gasteiger partial charge in [-0.25, -0.2) is 0 Å². The molecule has 96 valence electrons. The van der Waals surface area contributed by atoms with Gasteiger partial charge in [0.15, 0.2) is 6.29 Å². The summed E-state index contributed by atoms with van der Waals surface area (Å²) in [5.74, 6) is 2.61. The molecule has 2 rings (SSSR count). The smallest absolute Gasteiger partial charge is 0.161 e. The van der Waals surface area contributed by atoms with E-state index < -0.39 is 0 Å². The first-order valence-electron chi connectivity index (χ1n) is 6.11. The lowest BCUT2D eigenvalue weighted by molar-refractivity contribution is -0.198. The first-order valence-corrected chi connectivity index (χ1v) is 6.11. The molecule has 0 N–H and O–H groups in total. The number of rotatable bonds is 4. The van der Waals surface area contributed by atoms with Crippen LogP contribution in [-0.2, 0) is 20.8 Å². The molecular formula is C15H18O3. The fourth-order valence-corrected chi connectivity index (χ4v) is 2.03. The molecule has 0 radical (unpaired) electrons. The third-order valence-corrected chi connectivity index (χ3v) is 3.03. The van der Waals surface area contributed by atoms with Crippen LogP contribution in [0.25, 0.3) is 0 Å². The molecule has 1 aromatic rings. The van der Waals surface area contributed by atoms with Crippen molar-refractivity contribution in [3.63, 3.8) is 0 Å². The summed E-state index contributed by atoms with van der Waals surface area (Å²) < 4.78 is 16.6. The van der Waals surface area contributed by atoms with Crippen LogP contribution in [0.1, 0.15) is 18.4 Å². The Balaban J connectivity index is 1.87. The van der Waals surface area contributed by atoms with Crippen LogP contribution < -0.4 is 0 Å². The van der Waals surface area contributed by atoms with Crippen LogP contribution in [0.15, 0.2) is 30.3 Å². The van der Waals surface area contributed by atoms with Crippen LogP contribution in [0.5, 0.6) is 0 Å². The third-order valence-electron chi connectivity index (χ3n) is 3.03. The Morgan fingerprint density at radius 2 is 2.11 bits per heavy atom. The normalized spacial score (nSPS) is 27.7. The highest BCUT2D eigenvalue weighted by molar-refractivity contribution is 5.13. The van der Waals surface area contributed by atoms with Crippen LogP contribution in [0.4, 0.5) is 0 Å². The van der Waals surface area contributed by atoms with E-state index in [1.165, 1.54) is 0 Å². The second-order valence-corrected chi connectivity index (χ2v) is 4.35. The summed E-state index contributed by atoms with van der Waals surface area (Å²) >= 11 is 0. The standard InChI is InChI=1S/C15H18O3/c1-3-13-9-14(10-15(16-2)18-13)17-11-12-7-5-4-6-8-12/h1,4-8,13-15H,9-11H2,2H3/t13-,14+,15+/m1/s1. The Bertz CT molecular complexity index is 396. The van der Waals surface area contributed by atoms with Crippen molar-refractivity contribution in [1.82, 2.24) is 0 Å². The van der Waals surface area contributed by atoms with E-state index >= 15 is 0 Å². The minimum absolute atomic E-state index is 0.0879. The van der Waals surface area contributed by atoms with E-state index in [-0.39, 0.29) is 18.5 Å². The molecule has 3 atom stereocenters. The van der Waals surface area contributed by atoms with Gasteiger partial charge >= 0.3 is 0 Å². The molecule has 0 unspecified atom stereocenters. The number of hydrogen-bond acceptors (Lipinski definition) is 3. The van der Waals surface area contributed by atoms with Crippen LogP contribution in [0.2, 0.25) is 0 Å². The zero-order valence-electron chi connectivity index (χ0n) is 10.5. The van der Waals surface area contributed by atoms with Crippen molar-refractivity contribution in [1.29, 1.82) is 0 Å². The maximum absolute atomic E-state index is 5.88. The molecule has 1 aliphatic heterocycles. The summed E-state index contributed by atoms with van der Waals surface area (Å²) in [6.45, 7) is 0.596. The number of ether oxygens (including phenoxy) is 3. The average molecular weight is 246 g/mol. The van der Waals surface area contributed by atoms with E-state index in [4.69, 9.17) is 20.6 Å². The van der Waals surface area contributed by atoms with Gasteiger partial charge in [-0.1, -0.05) is 36.3 Å². The highest BCUT2D eigenvalue weighted by Gasteiger charge is 2.28. The quantitative estimate of drug-likeness (QED) is 0.763. The van der Waals surface area contributed by atoms with Gasteiger partial charge in [0.05, 0.1) is 12.7 Å². The Morgan fingerprint density at radius 1 is 1.33 bits per heavy atom. The molecule has 0 aliphatic carbocycles. The van der Waals surface area contributed by atoms with Crippen molar-refractivity contribution in [2.75, 3.05) is 7.11 Å². The molecule has 1 fully saturated rings. The minimum atomic E-state index is -0.263. The van der Waals surface area contributed by atoms with Gasteiger partial charge in [0.2, 0.25) is 0 Å². The van der Waals surface area contributed by atoms with Gasteiger partial charge in [0, 0.05) is 20.0 Å². The Hall–Kier alpha value is -1.34. The molecule has 1 aromatic carbocycles. The fraction of sp³-hybridized carbons (Fsp3) is 0.467. The lowest BCUT2D eigenvalue weighted by atomic mass is 10.1. The molecule has 0 bridgehead atoms. The Kier molecular flexibility index (Phi) is 4.77. The van der Waals surface area contributed by atoms with E-state index in [0.29, 0.717) is 6.61 Å². The predicted octanol–water partition coefficient (Wildman–Crippen LogP) is 2.36. The van der Waals surface area contributed by atoms with Crippen molar-refractivity contribution in [3.8, 4) is 12.3 Å². The second-order valence-electron chi connectivity index (χ2n) is 4.35. The summed E-state index contributed by atoms with van der Waals surface area (Å²) in [5.41, 5.74) is 1.16. The van der Waals surface area contributed by atoms with Gasteiger partial charge in [0.1, 0.15) is 6.10 Å². The summed E-state index contributed by atoms with van der Waals surface area (Å²) in [6, 6.07) is 10.1. The van der Waals surface area contributed by atoms with Gasteiger partial charge in [-0.2, -0.15) is 0 Å². The number of terminal acetylenes is 1. The monoisotopic (exact) mass is 246 g/mol. The topological polar surface area (TPSA) is 27.7 Å². The predicted molar refractivity (Wildman–Crippen MR) is 68.8 cm³/mol. The van der Waals surface area contributed by atoms with Crippen molar-refractivity contribution >= 4 is 0 Å². The first-order chi connectivity index (χ1) is 8.81. The van der Waals surface area contributed by atoms with E-state index in [1.54, 1.807) is 7.11 Å². The highest BCUT2D eigenvalue weighted by atomic mass is 16.7. The zero-order valence-corrected chi connectivity index (χ0v) is 10.5. The van der Waals surface area contributed by atoms with Gasteiger partial charge in [-0.3, -0.25) is 0 Å². The summed E-state index contributed by atoms with van der Waals surface area (Å²) in [5, 5.41) is 0. The largest absolute Gasteiger partial charge is 0.373 e. The number of hydrogen-bond donors (Lipinski definition) is 0. The number of methoxy groups -OCH3 is 1. The average Bonchev–Trinajstić information content (AvgIpc) is 2.45. The van der Waals surface area contributed by atoms with Gasteiger partial charge in [0.25, 0.3) is 0 Å². The van der Waals surface area contributed by atoms with E-state index in [9.17, 15) is 0 Å². The molecule has 0 aromatic heterocycles. The molecule has 0 amide bonds. The maximum Gasteiger partial charge on any atom is 0.161 e. The summed E-state index contributed by atoms with van der Waals surface area (Å²) in [7, 11) is 1.62.